The lowest BCUT2D eigenvalue weighted by molar-refractivity contribution is -0.403. The van der Waals surface area contributed by atoms with E-state index in [1.165, 1.54) is 0 Å². The summed E-state index contributed by atoms with van der Waals surface area (Å²) in [5.41, 5.74) is 0. The number of carbonyl (C=O) groups excluding carboxylic acids is 4. The van der Waals surface area contributed by atoms with Crippen LogP contribution in [-0.2, 0) is 38.1 Å². The van der Waals surface area contributed by atoms with Crippen molar-refractivity contribution in [2.24, 2.45) is 0 Å². The van der Waals surface area contributed by atoms with Gasteiger partial charge in [-0.1, -0.05) is 0 Å². The van der Waals surface area contributed by atoms with E-state index in [0.717, 1.165) is 33.8 Å². The van der Waals surface area contributed by atoms with Gasteiger partial charge in [-0.3, -0.25) is 29.3 Å². The summed E-state index contributed by atoms with van der Waals surface area (Å²) in [4.78, 5) is 54.5. The van der Waals surface area contributed by atoms with Crippen molar-refractivity contribution in [3.05, 3.63) is 22.4 Å². The summed E-state index contributed by atoms with van der Waals surface area (Å²) >= 11 is 0. The highest BCUT2D eigenvalue weighted by atomic mass is 16.6. The van der Waals surface area contributed by atoms with Crippen molar-refractivity contribution in [1.29, 1.82) is 0 Å². The Kier molecular flexibility index (Phi) is 9.45. The first-order chi connectivity index (χ1) is 11.5. The number of carbonyl (C=O) groups is 4. The predicted octanol–water partition coefficient (Wildman–Crippen LogP) is 0.135. The van der Waals surface area contributed by atoms with Crippen LogP contribution in [0.3, 0.4) is 0 Å². The van der Waals surface area contributed by atoms with Crippen molar-refractivity contribution in [2.45, 2.75) is 46.0 Å². The van der Waals surface area contributed by atoms with Crippen molar-refractivity contribution in [1.82, 2.24) is 0 Å². The third-order valence-corrected chi connectivity index (χ3v) is 2.46. The summed E-state index contributed by atoms with van der Waals surface area (Å²) < 4.78 is 19.6. The lowest BCUT2D eigenvalue weighted by atomic mass is 10.1. The summed E-state index contributed by atoms with van der Waals surface area (Å²) in [7, 11) is 0. The second-order valence-electron chi connectivity index (χ2n) is 4.73. The Labute approximate surface area is 143 Å². The van der Waals surface area contributed by atoms with Gasteiger partial charge in [0.15, 0.2) is 18.3 Å². The Morgan fingerprint density at radius 3 is 1.84 bits per heavy atom. The van der Waals surface area contributed by atoms with E-state index in [0.29, 0.717) is 6.20 Å². The number of rotatable bonds is 9. The summed E-state index contributed by atoms with van der Waals surface area (Å²) in [5.74, 6) is -3.17. The molecule has 0 spiro atoms. The molecule has 0 aliphatic rings. The van der Waals surface area contributed by atoms with E-state index < -0.39 is 53.7 Å². The molecule has 0 heterocycles. The minimum atomic E-state index is -1.47. The Balaban J connectivity index is 5.72. The van der Waals surface area contributed by atoms with Crippen LogP contribution in [0, 0.1) is 10.1 Å². The third kappa shape index (κ3) is 10.4. The predicted molar refractivity (Wildman–Crippen MR) is 79.4 cm³/mol. The average Bonchev–Trinajstić information content (AvgIpc) is 2.44. The largest absolute Gasteiger partial charge is 0.462 e. The molecule has 0 amide bonds. The third-order valence-electron chi connectivity index (χ3n) is 2.46. The van der Waals surface area contributed by atoms with Gasteiger partial charge in [-0.2, -0.15) is 0 Å². The highest BCUT2D eigenvalue weighted by Gasteiger charge is 2.37. The van der Waals surface area contributed by atoms with E-state index in [9.17, 15) is 29.3 Å². The molecule has 0 saturated heterocycles. The minimum absolute atomic E-state index is 0.473. The molecule has 0 fully saturated rings. The maximum absolute atomic E-state index is 11.3. The van der Waals surface area contributed by atoms with Gasteiger partial charge in [-0.05, 0) is 0 Å². The van der Waals surface area contributed by atoms with Gasteiger partial charge in [0.1, 0.15) is 6.61 Å². The quantitative estimate of drug-likeness (QED) is 0.240. The fraction of sp³-hybridized carbons (Fsp3) is 0.571. The van der Waals surface area contributed by atoms with Gasteiger partial charge in [-0.15, -0.1) is 0 Å². The van der Waals surface area contributed by atoms with E-state index in [1.54, 1.807) is 0 Å². The lowest BCUT2D eigenvalue weighted by Crippen LogP contribution is -2.46. The topological polar surface area (TPSA) is 148 Å². The molecule has 0 aliphatic carbocycles. The fourth-order valence-corrected chi connectivity index (χ4v) is 1.72. The normalized spacial score (nSPS) is 14.1. The molecule has 0 radical (unpaired) electrons. The first-order valence-electron chi connectivity index (χ1n) is 6.99. The Bertz CT molecular complexity index is 556. The molecular formula is C14H19NO10. The van der Waals surface area contributed by atoms with Crippen LogP contribution in [0.25, 0.3) is 0 Å². The SMILES string of the molecule is CC(=O)OCC(OC(C)=O)C(OC(C)=O)C(/C=C/[N+](=O)[O-])OC(C)=O. The van der Waals surface area contributed by atoms with Gasteiger partial charge < -0.3 is 18.9 Å². The zero-order valence-corrected chi connectivity index (χ0v) is 14.1. The highest BCUT2D eigenvalue weighted by Crippen LogP contribution is 2.16. The van der Waals surface area contributed by atoms with Crippen LogP contribution in [0.15, 0.2) is 12.3 Å². The molecule has 0 rings (SSSR count). The number of ether oxygens (including phenoxy) is 4. The van der Waals surface area contributed by atoms with Crippen LogP contribution in [0.5, 0.6) is 0 Å². The van der Waals surface area contributed by atoms with E-state index >= 15 is 0 Å². The van der Waals surface area contributed by atoms with E-state index in [2.05, 4.69) is 0 Å². The molecule has 0 aromatic carbocycles. The molecule has 0 aliphatic heterocycles. The number of nitrogens with zero attached hydrogens (tertiary/aromatic N) is 1. The Morgan fingerprint density at radius 1 is 0.920 bits per heavy atom. The van der Waals surface area contributed by atoms with Crippen LogP contribution < -0.4 is 0 Å². The molecule has 25 heavy (non-hydrogen) atoms. The molecule has 3 unspecified atom stereocenters. The molecule has 3 atom stereocenters. The van der Waals surface area contributed by atoms with Crippen molar-refractivity contribution in [3.8, 4) is 0 Å². The molecule has 140 valence electrons. The van der Waals surface area contributed by atoms with E-state index in [1.807, 2.05) is 0 Å². The molecular weight excluding hydrogens is 342 g/mol. The van der Waals surface area contributed by atoms with Gasteiger partial charge >= 0.3 is 23.9 Å². The zero-order chi connectivity index (χ0) is 19.6. The lowest BCUT2D eigenvalue weighted by Gasteiger charge is -2.29. The van der Waals surface area contributed by atoms with Crippen molar-refractivity contribution < 1.29 is 43.0 Å². The molecule has 0 saturated carbocycles. The second kappa shape index (κ2) is 10.7. The van der Waals surface area contributed by atoms with Crippen LogP contribution in [0.2, 0.25) is 0 Å². The standard InChI is InChI=1S/C14H19NO10/c1-8(16)22-7-13(24-10(3)18)14(25-11(4)19)12(23-9(2)17)5-6-15(20)21/h5-6,12-14H,7H2,1-4H3/b6-5+. The first kappa shape index (κ1) is 22.0. The summed E-state index contributed by atoms with van der Waals surface area (Å²) in [5, 5.41) is 10.5. The smallest absolute Gasteiger partial charge is 0.303 e. The molecule has 11 heteroatoms. The Hall–Kier alpha value is -2.98. The minimum Gasteiger partial charge on any atom is -0.462 e. The van der Waals surface area contributed by atoms with Gasteiger partial charge in [-0.25, -0.2) is 0 Å². The van der Waals surface area contributed by atoms with E-state index in [4.69, 9.17) is 18.9 Å². The van der Waals surface area contributed by atoms with Crippen LogP contribution in [-0.4, -0.2) is 53.7 Å². The summed E-state index contributed by atoms with van der Waals surface area (Å²) in [6, 6.07) is 0. The van der Waals surface area contributed by atoms with Crippen molar-refractivity contribution in [2.75, 3.05) is 6.61 Å². The highest BCUT2D eigenvalue weighted by molar-refractivity contribution is 5.69. The number of hydrogen-bond acceptors (Lipinski definition) is 10. The fourth-order valence-electron chi connectivity index (χ4n) is 1.72. The molecule has 0 N–H and O–H groups in total. The summed E-state index contributed by atoms with van der Waals surface area (Å²) in [6.45, 7) is 3.70. The monoisotopic (exact) mass is 361 g/mol. The van der Waals surface area contributed by atoms with Crippen LogP contribution in [0.1, 0.15) is 27.7 Å². The molecule has 11 nitrogen and oxygen atoms in total. The van der Waals surface area contributed by atoms with Crippen LogP contribution in [0.4, 0.5) is 0 Å². The average molecular weight is 361 g/mol. The number of hydrogen-bond donors (Lipinski definition) is 0. The zero-order valence-electron chi connectivity index (χ0n) is 14.1. The van der Waals surface area contributed by atoms with Crippen molar-refractivity contribution in [3.63, 3.8) is 0 Å². The Morgan fingerprint density at radius 2 is 1.44 bits per heavy atom. The second-order valence-corrected chi connectivity index (χ2v) is 4.73. The number of nitro groups is 1. The number of esters is 4. The van der Waals surface area contributed by atoms with Crippen LogP contribution >= 0.6 is 0 Å². The van der Waals surface area contributed by atoms with Gasteiger partial charge in [0.25, 0.3) is 0 Å². The maximum atomic E-state index is 11.3. The maximum Gasteiger partial charge on any atom is 0.303 e. The molecule has 0 bridgehead atoms. The van der Waals surface area contributed by atoms with Gasteiger partial charge in [0, 0.05) is 33.8 Å². The van der Waals surface area contributed by atoms with Gasteiger partial charge in [0.2, 0.25) is 6.20 Å². The molecule has 0 aromatic heterocycles. The molecule has 0 aromatic rings. The van der Waals surface area contributed by atoms with Gasteiger partial charge in [0.05, 0.1) is 4.92 Å². The van der Waals surface area contributed by atoms with Crippen molar-refractivity contribution >= 4 is 23.9 Å². The van der Waals surface area contributed by atoms with E-state index in [-0.39, 0.29) is 0 Å². The first-order valence-corrected chi connectivity index (χ1v) is 6.99. The summed E-state index contributed by atoms with van der Waals surface area (Å²) in [6.07, 6.45) is -2.96.